The molecule has 0 unspecified atom stereocenters. The number of nitrogens with zero attached hydrogens (tertiary/aromatic N) is 3. The average molecular weight is 353 g/mol. The largest absolute Gasteiger partial charge is 0.371 e. The van der Waals surface area contributed by atoms with Crippen LogP contribution in [-0.2, 0) is 11.3 Å². The van der Waals surface area contributed by atoms with E-state index in [1.165, 1.54) is 12.1 Å². The van der Waals surface area contributed by atoms with Crippen LogP contribution < -0.4 is 5.56 Å². The molecule has 2 aromatic heterocycles. The Bertz CT molecular complexity index is 985. The van der Waals surface area contributed by atoms with Crippen molar-refractivity contribution in [2.45, 2.75) is 19.6 Å². The van der Waals surface area contributed by atoms with Crippen molar-refractivity contribution in [1.82, 2.24) is 14.3 Å². The fraction of sp³-hybridized carbons (Fsp3) is 0.300. The van der Waals surface area contributed by atoms with Crippen molar-refractivity contribution >= 4 is 5.65 Å². The van der Waals surface area contributed by atoms with Gasteiger partial charge in [-0.05, 0) is 36.2 Å². The molecule has 5 nitrogen and oxygen atoms in total. The van der Waals surface area contributed by atoms with E-state index in [2.05, 4.69) is 9.88 Å². The van der Waals surface area contributed by atoms with Gasteiger partial charge in [-0.25, -0.2) is 9.37 Å². The molecule has 0 radical (unpaired) electrons. The van der Waals surface area contributed by atoms with Crippen LogP contribution in [0.1, 0.15) is 22.9 Å². The van der Waals surface area contributed by atoms with Crippen LogP contribution in [0.15, 0.2) is 53.5 Å². The number of hydrogen-bond acceptors (Lipinski definition) is 4. The van der Waals surface area contributed by atoms with E-state index in [0.29, 0.717) is 25.3 Å². The van der Waals surface area contributed by atoms with E-state index >= 15 is 0 Å². The number of halogens is 1. The second kappa shape index (κ2) is 6.97. The molecule has 1 aliphatic heterocycles. The lowest BCUT2D eigenvalue weighted by atomic mass is 10.1. The van der Waals surface area contributed by atoms with E-state index in [1.807, 2.05) is 19.1 Å². The fourth-order valence-electron chi connectivity index (χ4n) is 3.34. The minimum absolute atomic E-state index is 0.0722. The molecular weight excluding hydrogens is 333 g/mol. The first-order chi connectivity index (χ1) is 12.6. The lowest BCUT2D eigenvalue weighted by molar-refractivity contribution is -0.0333. The molecule has 3 aromatic rings. The van der Waals surface area contributed by atoms with Crippen LogP contribution in [0.4, 0.5) is 4.39 Å². The number of aromatic nitrogens is 2. The molecule has 0 saturated carbocycles. The van der Waals surface area contributed by atoms with Gasteiger partial charge in [-0.15, -0.1) is 0 Å². The minimum atomic E-state index is -0.252. The Morgan fingerprint density at radius 3 is 2.88 bits per heavy atom. The van der Waals surface area contributed by atoms with Gasteiger partial charge in [0, 0.05) is 31.9 Å². The Hall–Kier alpha value is -2.57. The van der Waals surface area contributed by atoms with Crippen LogP contribution in [0.25, 0.3) is 5.65 Å². The van der Waals surface area contributed by atoms with Crippen LogP contribution in [0.5, 0.6) is 0 Å². The van der Waals surface area contributed by atoms with Gasteiger partial charge in [0.25, 0.3) is 5.56 Å². The van der Waals surface area contributed by atoms with E-state index < -0.39 is 0 Å². The minimum Gasteiger partial charge on any atom is -0.371 e. The quantitative estimate of drug-likeness (QED) is 0.726. The molecule has 0 bridgehead atoms. The van der Waals surface area contributed by atoms with E-state index in [0.717, 1.165) is 23.4 Å². The van der Waals surface area contributed by atoms with Gasteiger partial charge in [0.05, 0.1) is 18.4 Å². The smallest absolute Gasteiger partial charge is 0.258 e. The maximum atomic E-state index is 13.1. The summed E-state index contributed by atoms with van der Waals surface area (Å²) in [5.74, 6) is -0.252. The Balaban J connectivity index is 1.55. The second-order valence-electron chi connectivity index (χ2n) is 6.62. The van der Waals surface area contributed by atoms with Crippen LogP contribution in [0.3, 0.4) is 0 Å². The maximum Gasteiger partial charge on any atom is 0.258 e. The van der Waals surface area contributed by atoms with Gasteiger partial charge in [0.1, 0.15) is 11.5 Å². The Morgan fingerprint density at radius 1 is 1.27 bits per heavy atom. The van der Waals surface area contributed by atoms with Gasteiger partial charge in [-0.1, -0.05) is 18.2 Å². The van der Waals surface area contributed by atoms with Gasteiger partial charge < -0.3 is 4.74 Å². The summed E-state index contributed by atoms with van der Waals surface area (Å²) in [6.45, 7) is 4.58. The molecule has 1 fully saturated rings. The third kappa shape index (κ3) is 3.38. The number of benzene rings is 1. The number of fused-ring (bicyclic) bond motifs is 1. The van der Waals surface area contributed by atoms with Crippen molar-refractivity contribution in [2.75, 3.05) is 19.7 Å². The summed E-state index contributed by atoms with van der Waals surface area (Å²) in [5.41, 5.74) is 3.30. The highest BCUT2D eigenvalue weighted by atomic mass is 19.1. The third-order valence-electron chi connectivity index (χ3n) is 4.72. The number of pyridine rings is 1. The highest BCUT2D eigenvalue weighted by molar-refractivity contribution is 5.46. The molecule has 4 rings (SSSR count). The van der Waals surface area contributed by atoms with Crippen molar-refractivity contribution in [3.63, 3.8) is 0 Å². The fourth-order valence-corrected chi connectivity index (χ4v) is 3.34. The van der Waals surface area contributed by atoms with Crippen LogP contribution in [-0.4, -0.2) is 34.0 Å². The normalized spacial score (nSPS) is 18.3. The van der Waals surface area contributed by atoms with Crippen molar-refractivity contribution in [1.29, 1.82) is 0 Å². The number of rotatable bonds is 3. The SMILES string of the molecule is Cc1cccn2c(=O)cc(CN3CCO[C@H](c4ccc(F)cc4)C3)nc12. The molecule has 1 aromatic carbocycles. The molecule has 0 spiro atoms. The summed E-state index contributed by atoms with van der Waals surface area (Å²) < 4.78 is 20.5. The zero-order valence-electron chi connectivity index (χ0n) is 14.6. The highest BCUT2D eigenvalue weighted by Gasteiger charge is 2.22. The van der Waals surface area contributed by atoms with Gasteiger partial charge in [0.15, 0.2) is 0 Å². The van der Waals surface area contributed by atoms with E-state index in [1.54, 1.807) is 28.8 Å². The molecule has 1 atom stereocenters. The van der Waals surface area contributed by atoms with Crippen molar-refractivity contribution in [3.05, 3.63) is 81.7 Å². The predicted octanol–water partition coefficient (Wildman–Crippen LogP) is 2.72. The Labute approximate surface area is 150 Å². The van der Waals surface area contributed by atoms with Crippen molar-refractivity contribution in [3.8, 4) is 0 Å². The monoisotopic (exact) mass is 353 g/mol. The summed E-state index contributed by atoms with van der Waals surface area (Å²) in [6, 6.07) is 11.8. The average Bonchev–Trinajstić information content (AvgIpc) is 2.64. The Kier molecular flexibility index (Phi) is 4.53. The number of morpholine rings is 1. The number of ether oxygens (including phenoxy) is 1. The number of hydrogen-bond donors (Lipinski definition) is 0. The third-order valence-corrected chi connectivity index (χ3v) is 4.72. The second-order valence-corrected chi connectivity index (χ2v) is 6.62. The molecule has 134 valence electrons. The van der Waals surface area contributed by atoms with Crippen molar-refractivity contribution < 1.29 is 9.13 Å². The summed E-state index contributed by atoms with van der Waals surface area (Å²) in [4.78, 5) is 19.2. The first kappa shape index (κ1) is 16.9. The summed E-state index contributed by atoms with van der Waals surface area (Å²) >= 11 is 0. The van der Waals surface area contributed by atoms with Crippen LogP contribution in [0.2, 0.25) is 0 Å². The van der Waals surface area contributed by atoms with Gasteiger partial charge in [0.2, 0.25) is 0 Å². The van der Waals surface area contributed by atoms with Gasteiger partial charge in [-0.2, -0.15) is 0 Å². The van der Waals surface area contributed by atoms with Crippen LogP contribution >= 0.6 is 0 Å². The molecule has 26 heavy (non-hydrogen) atoms. The summed E-state index contributed by atoms with van der Waals surface area (Å²) in [5, 5.41) is 0. The Morgan fingerprint density at radius 2 is 2.08 bits per heavy atom. The van der Waals surface area contributed by atoms with Crippen molar-refractivity contribution in [2.24, 2.45) is 0 Å². The molecule has 1 saturated heterocycles. The molecule has 3 heterocycles. The molecule has 0 N–H and O–H groups in total. The summed E-state index contributed by atoms with van der Waals surface area (Å²) in [7, 11) is 0. The van der Waals surface area contributed by atoms with E-state index in [-0.39, 0.29) is 17.5 Å². The first-order valence-electron chi connectivity index (χ1n) is 8.67. The molecule has 6 heteroatoms. The zero-order valence-corrected chi connectivity index (χ0v) is 14.6. The highest BCUT2D eigenvalue weighted by Crippen LogP contribution is 2.23. The molecule has 0 aliphatic carbocycles. The lowest BCUT2D eigenvalue weighted by Crippen LogP contribution is -2.38. The maximum absolute atomic E-state index is 13.1. The van der Waals surface area contributed by atoms with E-state index in [4.69, 9.17) is 4.74 Å². The molecule has 0 amide bonds. The number of aryl methyl sites for hydroxylation is 1. The summed E-state index contributed by atoms with van der Waals surface area (Å²) in [6.07, 6.45) is 1.63. The van der Waals surface area contributed by atoms with E-state index in [9.17, 15) is 9.18 Å². The lowest BCUT2D eigenvalue weighted by Gasteiger charge is -2.33. The van der Waals surface area contributed by atoms with Crippen LogP contribution in [0, 0.1) is 12.7 Å². The standard InChI is InChI=1S/C20H20FN3O2/c1-14-3-2-8-24-19(25)11-17(22-20(14)24)12-23-9-10-26-18(13-23)15-4-6-16(21)7-5-15/h2-8,11,18H,9-10,12-13H2,1H3/t18-/m0/s1. The first-order valence-corrected chi connectivity index (χ1v) is 8.67. The predicted molar refractivity (Wildman–Crippen MR) is 96.6 cm³/mol. The van der Waals surface area contributed by atoms with Gasteiger partial charge >= 0.3 is 0 Å². The zero-order chi connectivity index (χ0) is 18.1. The molecular formula is C20H20FN3O2. The topological polar surface area (TPSA) is 46.8 Å². The molecule has 1 aliphatic rings. The van der Waals surface area contributed by atoms with Gasteiger partial charge in [-0.3, -0.25) is 14.1 Å².